The lowest BCUT2D eigenvalue weighted by Crippen LogP contribution is -2.62. The Morgan fingerprint density at radius 2 is 1.68 bits per heavy atom. The molecule has 1 aliphatic heterocycles. The van der Waals surface area contributed by atoms with Gasteiger partial charge in [-0.1, -0.05) is 52.3 Å². The Morgan fingerprint density at radius 1 is 1.00 bits per heavy atom. The van der Waals surface area contributed by atoms with Crippen LogP contribution < -0.4 is 0 Å². The number of carbonyl (C=O) groups is 2. The van der Waals surface area contributed by atoms with Crippen LogP contribution >= 0.6 is 0 Å². The molecule has 0 aromatic heterocycles. The second-order valence-corrected chi connectivity index (χ2v) is 15.7. The van der Waals surface area contributed by atoms with Gasteiger partial charge in [-0.25, -0.2) is 0 Å². The maximum absolute atomic E-state index is 12.8. The number of aliphatic hydroxyl groups excluding tert-OH is 1. The molecule has 3 saturated carbocycles. The first-order chi connectivity index (χ1) is 18.7. The highest BCUT2D eigenvalue weighted by Crippen LogP contribution is 2.75. The molecule has 5 nitrogen and oxygen atoms in total. The Bertz CT molecular complexity index is 1280. The van der Waals surface area contributed by atoms with E-state index in [0.29, 0.717) is 11.5 Å². The maximum atomic E-state index is 12.8. The standard InChI is InChI=1S/C35H49NO4/c1-22-23-9-10-27-33(4,24(23)19-26(37)29(22)38)14-16-35(6)28-21-31(2,11-12-32(28,3)13-15-34(27,35)5)20-25(30(39)40)36-17-7-8-18-36/h9-10,19,25,28,38H,7-8,11-18,20-21H2,1-6H3,(H,39,40)/t25?,28-,31+,32+,33+,34-,35+/m1/s1. The average Bonchev–Trinajstić information content (AvgIpc) is 3.44. The third-order valence-electron chi connectivity index (χ3n) is 13.5. The number of ketones is 1. The van der Waals surface area contributed by atoms with Crippen LogP contribution in [0, 0.1) is 33.0 Å². The van der Waals surface area contributed by atoms with Crippen LogP contribution in [0.2, 0.25) is 0 Å². The quantitative estimate of drug-likeness (QED) is 0.380. The molecule has 5 heteroatoms. The number of allylic oxidation sites excluding steroid dienone is 7. The third kappa shape index (κ3) is 3.75. The number of hydrogen-bond donors (Lipinski definition) is 2. The van der Waals surface area contributed by atoms with Crippen molar-refractivity contribution in [2.75, 3.05) is 13.1 Å². The van der Waals surface area contributed by atoms with E-state index in [-0.39, 0.29) is 44.7 Å². The number of carbonyl (C=O) groups excluding carboxylic acids is 1. The van der Waals surface area contributed by atoms with Gasteiger partial charge in [0.05, 0.1) is 0 Å². The number of aliphatic carboxylic acids is 1. The molecule has 1 heterocycles. The molecule has 6 aliphatic rings. The van der Waals surface area contributed by atoms with E-state index in [1.165, 1.54) is 18.4 Å². The van der Waals surface area contributed by atoms with Crippen LogP contribution in [-0.2, 0) is 9.59 Å². The summed E-state index contributed by atoms with van der Waals surface area (Å²) < 4.78 is 0. The Balaban J connectivity index is 1.37. The Morgan fingerprint density at radius 3 is 2.35 bits per heavy atom. The molecule has 1 unspecified atom stereocenters. The van der Waals surface area contributed by atoms with E-state index in [1.54, 1.807) is 6.08 Å². The topological polar surface area (TPSA) is 77.8 Å². The predicted molar refractivity (Wildman–Crippen MR) is 158 cm³/mol. The molecule has 6 rings (SSSR count). The molecule has 218 valence electrons. The van der Waals surface area contributed by atoms with Gasteiger partial charge in [-0.05, 0) is 129 Å². The van der Waals surface area contributed by atoms with E-state index in [1.807, 2.05) is 6.92 Å². The largest absolute Gasteiger partial charge is 0.504 e. The van der Waals surface area contributed by atoms with Gasteiger partial charge in [0.25, 0.3) is 0 Å². The van der Waals surface area contributed by atoms with E-state index >= 15 is 0 Å². The van der Waals surface area contributed by atoms with Crippen LogP contribution in [0.3, 0.4) is 0 Å². The van der Waals surface area contributed by atoms with Gasteiger partial charge in [-0.2, -0.15) is 0 Å². The van der Waals surface area contributed by atoms with Crippen molar-refractivity contribution in [3.05, 3.63) is 46.3 Å². The van der Waals surface area contributed by atoms with Crippen LogP contribution in [0.25, 0.3) is 0 Å². The van der Waals surface area contributed by atoms with Crippen molar-refractivity contribution in [2.45, 2.75) is 112 Å². The number of carboxylic acid groups (broad SMARTS) is 1. The molecule has 0 aromatic rings. The van der Waals surface area contributed by atoms with Gasteiger partial charge in [-0.15, -0.1) is 0 Å². The summed E-state index contributed by atoms with van der Waals surface area (Å²) in [7, 11) is 0. The number of rotatable bonds is 4. The molecular formula is C35H49NO4. The van der Waals surface area contributed by atoms with E-state index in [0.717, 1.165) is 75.6 Å². The normalized spacial score (nSPS) is 44.0. The zero-order valence-corrected chi connectivity index (χ0v) is 25.5. The van der Waals surface area contributed by atoms with Crippen molar-refractivity contribution in [2.24, 2.45) is 33.0 Å². The highest BCUT2D eigenvalue weighted by Gasteiger charge is 2.66. The van der Waals surface area contributed by atoms with E-state index in [4.69, 9.17) is 0 Å². The van der Waals surface area contributed by atoms with Crippen LogP contribution in [0.5, 0.6) is 0 Å². The number of nitrogens with zero attached hydrogens (tertiary/aromatic N) is 1. The molecule has 0 bridgehead atoms. The molecule has 5 aliphatic carbocycles. The number of carboxylic acids is 1. The summed E-state index contributed by atoms with van der Waals surface area (Å²) in [5.74, 6) is -0.513. The predicted octanol–water partition coefficient (Wildman–Crippen LogP) is 7.55. The molecule has 0 radical (unpaired) electrons. The third-order valence-corrected chi connectivity index (χ3v) is 13.5. The monoisotopic (exact) mass is 547 g/mol. The van der Waals surface area contributed by atoms with E-state index in [9.17, 15) is 19.8 Å². The average molecular weight is 548 g/mol. The first-order valence-electron chi connectivity index (χ1n) is 15.7. The Kier molecular flexibility index (Phi) is 6.25. The second kappa shape index (κ2) is 8.93. The molecule has 4 fully saturated rings. The lowest BCUT2D eigenvalue weighted by Gasteiger charge is -2.70. The fourth-order valence-corrected chi connectivity index (χ4v) is 10.6. The summed E-state index contributed by atoms with van der Waals surface area (Å²) in [6, 6.07) is -0.373. The summed E-state index contributed by atoms with van der Waals surface area (Å²) in [5, 5.41) is 20.6. The van der Waals surface area contributed by atoms with Crippen LogP contribution in [0.1, 0.15) is 106 Å². The lowest BCUT2D eigenvalue weighted by molar-refractivity contribution is -0.166. The zero-order chi connectivity index (χ0) is 28.9. The van der Waals surface area contributed by atoms with Gasteiger partial charge < -0.3 is 10.2 Å². The fourth-order valence-electron chi connectivity index (χ4n) is 10.6. The van der Waals surface area contributed by atoms with Gasteiger partial charge >= 0.3 is 5.97 Å². The summed E-state index contributed by atoms with van der Waals surface area (Å²) >= 11 is 0. The van der Waals surface area contributed by atoms with Crippen molar-refractivity contribution >= 4 is 11.8 Å². The van der Waals surface area contributed by atoms with Crippen LogP contribution in [0.4, 0.5) is 0 Å². The van der Waals surface area contributed by atoms with Crippen molar-refractivity contribution in [1.82, 2.24) is 4.90 Å². The van der Waals surface area contributed by atoms with Gasteiger partial charge in [0.1, 0.15) is 6.04 Å². The fraction of sp³-hybridized carbons (Fsp3) is 0.714. The zero-order valence-electron chi connectivity index (χ0n) is 25.5. The Hall–Kier alpha value is -2.14. The van der Waals surface area contributed by atoms with Gasteiger partial charge in [0.15, 0.2) is 5.76 Å². The maximum Gasteiger partial charge on any atom is 0.320 e. The minimum atomic E-state index is -0.648. The van der Waals surface area contributed by atoms with Crippen LogP contribution in [-0.4, -0.2) is 46.0 Å². The highest BCUT2D eigenvalue weighted by atomic mass is 16.4. The van der Waals surface area contributed by atoms with Crippen molar-refractivity contribution in [1.29, 1.82) is 0 Å². The van der Waals surface area contributed by atoms with Crippen molar-refractivity contribution < 1.29 is 19.8 Å². The molecule has 7 atom stereocenters. The number of likely N-dealkylation sites (tertiary alicyclic amines) is 1. The first kappa shape index (κ1) is 28.0. The number of hydrogen-bond acceptors (Lipinski definition) is 4. The van der Waals surface area contributed by atoms with Gasteiger partial charge in [0, 0.05) is 11.0 Å². The molecule has 0 spiro atoms. The summed E-state index contributed by atoms with van der Waals surface area (Å²) in [5.41, 5.74) is 4.42. The number of aliphatic hydroxyl groups is 1. The second-order valence-electron chi connectivity index (χ2n) is 15.7. The molecular weight excluding hydrogens is 498 g/mol. The minimum Gasteiger partial charge on any atom is -0.504 e. The summed E-state index contributed by atoms with van der Waals surface area (Å²) in [6.07, 6.45) is 17.0. The smallest absolute Gasteiger partial charge is 0.320 e. The van der Waals surface area contributed by atoms with Crippen molar-refractivity contribution in [3.8, 4) is 0 Å². The van der Waals surface area contributed by atoms with E-state index < -0.39 is 5.97 Å². The molecule has 1 saturated heterocycles. The van der Waals surface area contributed by atoms with E-state index in [2.05, 4.69) is 51.7 Å². The van der Waals surface area contributed by atoms with Gasteiger partial charge in [-0.3, -0.25) is 14.5 Å². The highest BCUT2D eigenvalue weighted by molar-refractivity contribution is 6.06. The van der Waals surface area contributed by atoms with Gasteiger partial charge in [0.2, 0.25) is 5.78 Å². The molecule has 2 N–H and O–H groups in total. The minimum absolute atomic E-state index is 0.00733. The molecule has 0 amide bonds. The molecule has 0 aromatic carbocycles. The first-order valence-corrected chi connectivity index (χ1v) is 15.7. The SMILES string of the molecule is CC1=C(O)C(=O)C=C2C1=CC=C1[C@@]2(C)CC[C@@]2(C)[C@@H]3C[C@](C)(CC(C(=O)O)N4CCCC4)CC[C@@]3(C)CC[C@]12C. The lowest BCUT2D eigenvalue weighted by atomic mass is 9.34. The van der Waals surface area contributed by atoms with Crippen molar-refractivity contribution in [3.63, 3.8) is 0 Å². The summed E-state index contributed by atoms with van der Waals surface area (Å²) in [4.78, 5) is 27.4. The molecule has 40 heavy (non-hydrogen) atoms. The summed E-state index contributed by atoms with van der Waals surface area (Å²) in [6.45, 7) is 16.0. The number of fused-ring (bicyclic) bond motifs is 7. The van der Waals surface area contributed by atoms with Crippen LogP contribution in [0.15, 0.2) is 46.3 Å². The Labute approximate surface area is 240 Å².